The third kappa shape index (κ3) is 5.67. The molecular weight excluding hydrogens is 366 g/mol. The molecule has 2 aromatic carbocycles. The van der Waals surface area contributed by atoms with Gasteiger partial charge in [-0.2, -0.15) is 0 Å². The molecule has 1 aliphatic heterocycles. The number of carbonyl (C=O) groups is 2. The van der Waals surface area contributed by atoms with Gasteiger partial charge in [-0.15, -0.1) is 0 Å². The second kappa shape index (κ2) is 10.2. The summed E-state index contributed by atoms with van der Waals surface area (Å²) >= 11 is 0. The molecule has 5 nitrogen and oxygen atoms in total. The summed E-state index contributed by atoms with van der Waals surface area (Å²) in [5.74, 6) is 0.841. The molecule has 0 atom stereocenters. The molecule has 0 spiro atoms. The second-order valence-corrected chi connectivity index (χ2v) is 7.61. The molecule has 0 bridgehead atoms. The monoisotopic (exact) mass is 395 g/mol. The van der Waals surface area contributed by atoms with Gasteiger partial charge in [0.25, 0.3) is 0 Å². The van der Waals surface area contributed by atoms with Crippen molar-refractivity contribution in [3.63, 3.8) is 0 Å². The standard InChI is InChI=1S/C24H29NO4/c1-29-20-10-11-21(23(27)17-20)22(26)9-5-6-14-25-15-12-19(13-16-25)24(28)18-7-3-2-4-8-18/h2-4,7-8,10-11,17,19,27H,5-6,9,12-16H2,1H3. The van der Waals surface area contributed by atoms with Gasteiger partial charge >= 0.3 is 0 Å². The van der Waals surface area contributed by atoms with Crippen LogP contribution in [0.3, 0.4) is 0 Å². The molecule has 1 aliphatic rings. The first-order chi connectivity index (χ1) is 14.1. The van der Waals surface area contributed by atoms with Gasteiger partial charge in [-0.25, -0.2) is 0 Å². The highest BCUT2D eigenvalue weighted by Gasteiger charge is 2.25. The third-order valence-corrected chi connectivity index (χ3v) is 5.65. The average Bonchev–Trinajstić information content (AvgIpc) is 2.77. The maximum Gasteiger partial charge on any atom is 0.166 e. The van der Waals surface area contributed by atoms with Gasteiger partial charge in [0.05, 0.1) is 12.7 Å². The number of hydrogen-bond acceptors (Lipinski definition) is 5. The Morgan fingerprint density at radius 1 is 1.07 bits per heavy atom. The first kappa shape index (κ1) is 21.1. The van der Waals surface area contributed by atoms with Crippen molar-refractivity contribution >= 4 is 11.6 Å². The fraction of sp³-hybridized carbons (Fsp3) is 0.417. The predicted molar refractivity (Wildman–Crippen MR) is 113 cm³/mol. The topological polar surface area (TPSA) is 66.8 Å². The molecule has 1 heterocycles. The molecule has 0 saturated carbocycles. The first-order valence-electron chi connectivity index (χ1n) is 10.3. The lowest BCUT2D eigenvalue weighted by Crippen LogP contribution is -2.36. The van der Waals surface area contributed by atoms with Crippen molar-refractivity contribution < 1.29 is 19.4 Å². The van der Waals surface area contributed by atoms with E-state index in [0.29, 0.717) is 17.7 Å². The van der Waals surface area contributed by atoms with Gasteiger partial charge in [-0.1, -0.05) is 30.3 Å². The van der Waals surface area contributed by atoms with Crippen molar-refractivity contribution in [2.24, 2.45) is 5.92 Å². The Morgan fingerprint density at radius 2 is 1.79 bits per heavy atom. The molecule has 0 amide bonds. The van der Waals surface area contributed by atoms with Crippen LogP contribution in [-0.2, 0) is 0 Å². The van der Waals surface area contributed by atoms with Crippen molar-refractivity contribution in [1.29, 1.82) is 0 Å². The molecule has 1 saturated heterocycles. The Morgan fingerprint density at radius 3 is 2.45 bits per heavy atom. The number of benzene rings is 2. The molecule has 1 N–H and O–H groups in total. The number of nitrogens with zero attached hydrogens (tertiary/aromatic N) is 1. The number of phenolic OH excluding ortho intramolecular Hbond substituents is 1. The summed E-state index contributed by atoms with van der Waals surface area (Å²) in [6.07, 6.45) is 3.93. The lowest BCUT2D eigenvalue weighted by molar-refractivity contribution is 0.0836. The summed E-state index contributed by atoms with van der Waals surface area (Å²) in [4.78, 5) is 27.3. The number of unbranched alkanes of at least 4 members (excludes halogenated alkanes) is 1. The number of rotatable bonds is 9. The summed E-state index contributed by atoms with van der Waals surface area (Å²) < 4.78 is 5.04. The Kier molecular flexibility index (Phi) is 7.42. The zero-order chi connectivity index (χ0) is 20.6. The van der Waals surface area contributed by atoms with Crippen LogP contribution in [0.4, 0.5) is 0 Å². The highest BCUT2D eigenvalue weighted by atomic mass is 16.5. The van der Waals surface area contributed by atoms with E-state index in [9.17, 15) is 14.7 Å². The van der Waals surface area contributed by atoms with Crippen LogP contribution in [0.5, 0.6) is 11.5 Å². The predicted octanol–water partition coefficient (Wildman–Crippen LogP) is 4.35. The number of Topliss-reactive ketones (excluding diaryl/α,β-unsaturated/α-hetero) is 2. The quantitative estimate of drug-likeness (QED) is 0.505. The van der Waals surface area contributed by atoms with Gasteiger partial charge in [0.1, 0.15) is 11.5 Å². The smallest absolute Gasteiger partial charge is 0.166 e. The number of piperidine rings is 1. The van der Waals surface area contributed by atoms with Crippen LogP contribution >= 0.6 is 0 Å². The maximum absolute atomic E-state index is 12.6. The highest BCUT2D eigenvalue weighted by molar-refractivity contribution is 5.98. The summed E-state index contributed by atoms with van der Waals surface area (Å²) in [7, 11) is 1.52. The zero-order valence-electron chi connectivity index (χ0n) is 17.0. The minimum absolute atomic E-state index is 0.0282. The normalized spacial score (nSPS) is 15.2. The molecule has 3 rings (SSSR count). The van der Waals surface area contributed by atoms with E-state index in [-0.39, 0.29) is 23.2 Å². The largest absolute Gasteiger partial charge is 0.507 e. The number of methoxy groups -OCH3 is 1. The fourth-order valence-corrected chi connectivity index (χ4v) is 3.89. The molecule has 5 heteroatoms. The van der Waals surface area contributed by atoms with Gasteiger partial charge in [0, 0.05) is 24.0 Å². The van der Waals surface area contributed by atoms with E-state index >= 15 is 0 Å². The summed E-state index contributed by atoms with van der Waals surface area (Å²) in [5, 5.41) is 9.97. The molecule has 2 aromatic rings. The first-order valence-corrected chi connectivity index (χ1v) is 10.3. The van der Waals surface area contributed by atoms with Gasteiger partial charge in [-0.05, 0) is 57.5 Å². The highest BCUT2D eigenvalue weighted by Crippen LogP contribution is 2.25. The van der Waals surface area contributed by atoms with Gasteiger partial charge in [-0.3, -0.25) is 9.59 Å². The second-order valence-electron chi connectivity index (χ2n) is 7.61. The van der Waals surface area contributed by atoms with Crippen LogP contribution in [-0.4, -0.2) is 48.3 Å². The van der Waals surface area contributed by atoms with Crippen molar-refractivity contribution in [1.82, 2.24) is 4.90 Å². The Bertz CT molecular complexity index is 826. The number of phenols is 1. The fourth-order valence-electron chi connectivity index (χ4n) is 3.89. The van der Waals surface area contributed by atoms with Gasteiger partial charge < -0.3 is 14.7 Å². The van der Waals surface area contributed by atoms with Crippen molar-refractivity contribution in [3.8, 4) is 11.5 Å². The summed E-state index contributed by atoms with van der Waals surface area (Å²) in [6.45, 7) is 2.79. The van der Waals surface area contributed by atoms with Crippen LogP contribution in [0, 0.1) is 5.92 Å². The number of hydrogen-bond donors (Lipinski definition) is 1. The molecule has 154 valence electrons. The Labute approximate surface area is 172 Å². The van der Waals surface area contributed by atoms with E-state index in [2.05, 4.69) is 4.90 Å². The number of likely N-dealkylation sites (tertiary alicyclic amines) is 1. The SMILES string of the molecule is COc1ccc(C(=O)CCCCN2CCC(C(=O)c3ccccc3)CC2)c(O)c1. The maximum atomic E-state index is 12.6. The van der Waals surface area contributed by atoms with Gasteiger partial charge in [0.2, 0.25) is 0 Å². The molecule has 29 heavy (non-hydrogen) atoms. The van der Waals surface area contributed by atoms with E-state index in [0.717, 1.165) is 50.9 Å². The number of aromatic hydroxyl groups is 1. The third-order valence-electron chi connectivity index (χ3n) is 5.65. The molecular formula is C24H29NO4. The van der Waals surface area contributed by atoms with Crippen molar-refractivity contribution in [2.45, 2.75) is 32.1 Å². The minimum Gasteiger partial charge on any atom is -0.507 e. The number of ether oxygens (including phenoxy) is 1. The van der Waals surface area contributed by atoms with Crippen LogP contribution < -0.4 is 4.74 Å². The molecule has 0 radical (unpaired) electrons. The van der Waals surface area contributed by atoms with Crippen LogP contribution in [0.15, 0.2) is 48.5 Å². The van der Waals surface area contributed by atoms with Crippen LogP contribution in [0.25, 0.3) is 0 Å². The van der Waals surface area contributed by atoms with Gasteiger partial charge in [0.15, 0.2) is 11.6 Å². The number of ketones is 2. The molecule has 1 fully saturated rings. The molecule has 0 aliphatic carbocycles. The zero-order valence-corrected chi connectivity index (χ0v) is 17.0. The van der Waals surface area contributed by atoms with Crippen molar-refractivity contribution in [2.75, 3.05) is 26.7 Å². The minimum atomic E-state index is -0.0441. The molecule has 0 aromatic heterocycles. The molecule has 0 unspecified atom stereocenters. The Hall–Kier alpha value is -2.66. The van der Waals surface area contributed by atoms with Crippen molar-refractivity contribution in [3.05, 3.63) is 59.7 Å². The Balaban J connectivity index is 1.37. The van der Waals surface area contributed by atoms with E-state index in [4.69, 9.17) is 4.74 Å². The average molecular weight is 395 g/mol. The summed E-state index contributed by atoms with van der Waals surface area (Å²) in [6, 6.07) is 14.3. The lowest BCUT2D eigenvalue weighted by atomic mass is 9.89. The van der Waals surface area contributed by atoms with E-state index in [1.807, 2.05) is 30.3 Å². The summed E-state index contributed by atoms with van der Waals surface area (Å²) in [5.41, 5.74) is 1.16. The van der Waals surface area contributed by atoms with E-state index in [1.54, 1.807) is 12.1 Å². The van der Waals surface area contributed by atoms with E-state index in [1.165, 1.54) is 13.2 Å². The number of carbonyl (C=O) groups excluding carboxylic acids is 2. The lowest BCUT2D eigenvalue weighted by Gasteiger charge is -2.31. The van der Waals surface area contributed by atoms with E-state index < -0.39 is 0 Å². The van der Waals surface area contributed by atoms with Crippen LogP contribution in [0.1, 0.15) is 52.8 Å². The van der Waals surface area contributed by atoms with Crippen LogP contribution in [0.2, 0.25) is 0 Å².